The fourth-order valence-corrected chi connectivity index (χ4v) is 1.99. The molecule has 0 aliphatic heterocycles. The molecule has 2 heterocycles. The molecule has 0 spiro atoms. The average molecular weight is 289 g/mol. The van der Waals surface area contributed by atoms with Gasteiger partial charge >= 0.3 is 0 Å². The lowest BCUT2D eigenvalue weighted by atomic mass is 10.2. The zero-order valence-corrected chi connectivity index (χ0v) is 13.1. The van der Waals surface area contributed by atoms with Crippen molar-refractivity contribution in [2.45, 2.75) is 46.9 Å². The van der Waals surface area contributed by atoms with Gasteiger partial charge in [-0.2, -0.15) is 0 Å². The van der Waals surface area contributed by atoms with E-state index in [9.17, 15) is 0 Å². The van der Waals surface area contributed by atoms with E-state index >= 15 is 0 Å². The van der Waals surface area contributed by atoms with Crippen LogP contribution >= 0.6 is 0 Å². The SMILES string of the molecule is CC(C)Cn1ccnc1CNc1nccnc1OC(C)C. The fraction of sp³-hybridized carbons (Fsp3) is 0.533. The summed E-state index contributed by atoms with van der Waals surface area (Å²) in [6.07, 6.45) is 7.16. The van der Waals surface area contributed by atoms with Crippen molar-refractivity contribution in [2.24, 2.45) is 5.92 Å². The van der Waals surface area contributed by atoms with Crippen molar-refractivity contribution in [3.63, 3.8) is 0 Å². The van der Waals surface area contributed by atoms with E-state index in [1.165, 1.54) is 0 Å². The first-order chi connectivity index (χ1) is 10.1. The Kier molecular flexibility index (Phi) is 5.14. The van der Waals surface area contributed by atoms with E-state index in [4.69, 9.17) is 4.74 Å². The normalized spacial score (nSPS) is 11.1. The van der Waals surface area contributed by atoms with E-state index in [1.54, 1.807) is 12.4 Å². The van der Waals surface area contributed by atoms with Crippen LogP contribution in [0.1, 0.15) is 33.5 Å². The summed E-state index contributed by atoms with van der Waals surface area (Å²) in [5.74, 6) is 2.72. The maximum Gasteiger partial charge on any atom is 0.257 e. The lowest BCUT2D eigenvalue weighted by molar-refractivity contribution is 0.233. The number of hydrogen-bond donors (Lipinski definition) is 1. The van der Waals surface area contributed by atoms with Crippen LogP contribution in [-0.4, -0.2) is 25.6 Å². The summed E-state index contributed by atoms with van der Waals surface area (Å²) >= 11 is 0. The topological polar surface area (TPSA) is 64.9 Å². The van der Waals surface area contributed by atoms with Gasteiger partial charge in [-0.3, -0.25) is 0 Å². The third-order valence-electron chi connectivity index (χ3n) is 2.79. The Morgan fingerprint density at radius 2 is 1.86 bits per heavy atom. The Morgan fingerprint density at radius 1 is 1.10 bits per heavy atom. The van der Waals surface area contributed by atoms with Gasteiger partial charge in [0.05, 0.1) is 12.6 Å². The Labute approximate surface area is 125 Å². The number of anilines is 1. The molecule has 0 aliphatic rings. The molecule has 0 aromatic carbocycles. The lowest BCUT2D eigenvalue weighted by Gasteiger charge is -2.14. The minimum absolute atomic E-state index is 0.0603. The molecular weight excluding hydrogens is 266 g/mol. The molecule has 2 rings (SSSR count). The molecule has 0 saturated heterocycles. The number of nitrogens with one attached hydrogen (secondary N) is 1. The lowest BCUT2D eigenvalue weighted by Crippen LogP contribution is -2.14. The van der Waals surface area contributed by atoms with E-state index in [2.05, 4.69) is 38.7 Å². The highest BCUT2D eigenvalue weighted by Gasteiger charge is 2.10. The molecule has 114 valence electrons. The summed E-state index contributed by atoms with van der Waals surface area (Å²) < 4.78 is 7.80. The smallest absolute Gasteiger partial charge is 0.257 e. The summed E-state index contributed by atoms with van der Waals surface area (Å²) in [4.78, 5) is 12.9. The van der Waals surface area contributed by atoms with Gasteiger partial charge in [0.15, 0.2) is 5.82 Å². The van der Waals surface area contributed by atoms with Gasteiger partial charge in [0.2, 0.25) is 0 Å². The van der Waals surface area contributed by atoms with Crippen LogP contribution in [-0.2, 0) is 13.1 Å². The maximum atomic E-state index is 5.65. The van der Waals surface area contributed by atoms with E-state index in [-0.39, 0.29) is 6.10 Å². The highest BCUT2D eigenvalue weighted by molar-refractivity contribution is 5.44. The first-order valence-electron chi connectivity index (χ1n) is 7.27. The predicted molar refractivity (Wildman–Crippen MR) is 82.2 cm³/mol. The number of hydrogen-bond acceptors (Lipinski definition) is 5. The highest BCUT2D eigenvalue weighted by atomic mass is 16.5. The van der Waals surface area contributed by atoms with Gasteiger partial charge in [0.25, 0.3) is 5.88 Å². The second kappa shape index (κ2) is 7.06. The molecular formula is C15H23N5O. The molecule has 0 fully saturated rings. The molecule has 1 N–H and O–H groups in total. The number of imidazole rings is 1. The van der Waals surface area contributed by atoms with Crippen LogP contribution in [0.15, 0.2) is 24.8 Å². The predicted octanol–water partition coefficient (Wildman–Crippen LogP) is 2.73. The third kappa shape index (κ3) is 4.44. The van der Waals surface area contributed by atoms with Gasteiger partial charge in [0, 0.05) is 31.3 Å². The number of rotatable bonds is 7. The van der Waals surface area contributed by atoms with E-state index in [0.717, 1.165) is 12.4 Å². The molecule has 0 atom stereocenters. The van der Waals surface area contributed by atoms with Crippen LogP contribution in [0.4, 0.5) is 5.82 Å². The Balaban J connectivity index is 2.05. The van der Waals surface area contributed by atoms with Gasteiger partial charge in [0.1, 0.15) is 5.82 Å². The number of nitrogens with zero attached hydrogens (tertiary/aromatic N) is 4. The van der Waals surface area contributed by atoms with Gasteiger partial charge in [-0.05, 0) is 19.8 Å². The largest absolute Gasteiger partial charge is 0.472 e. The van der Waals surface area contributed by atoms with Crippen molar-refractivity contribution < 1.29 is 4.74 Å². The van der Waals surface area contributed by atoms with Crippen LogP contribution in [0.3, 0.4) is 0 Å². The van der Waals surface area contributed by atoms with Crippen LogP contribution < -0.4 is 10.1 Å². The maximum absolute atomic E-state index is 5.65. The second-order valence-corrected chi connectivity index (χ2v) is 5.62. The van der Waals surface area contributed by atoms with Gasteiger partial charge in [-0.1, -0.05) is 13.8 Å². The zero-order valence-electron chi connectivity index (χ0n) is 13.1. The molecule has 0 radical (unpaired) electrons. The van der Waals surface area contributed by atoms with E-state index < -0.39 is 0 Å². The van der Waals surface area contributed by atoms with Crippen molar-refractivity contribution in [3.8, 4) is 5.88 Å². The third-order valence-corrected chi connectivity index (χ3v) is 2.79. The molecule has 0 aliphatic carbocycles. The molecule has 0 unspecified atom stereocenters. The van der Waals surface area contributed by atoms with Crippen LogP contribution in [0, 0.1) is 5.92 Å². The monoisotopic (exact) mass is 289 g/mol. The Bertz CT molecular complexity index is 565. The first kappa shape index (κ1) is 15.3. The summed E-state index contributed by atoms with van der Waals surface area (Å²) in [6.45, 7) is 9.85. The minimum atomic E-state index is 0.0603. The summed E-state index contributed by atoms with van der Waals surface area (Å²) in [7, 11) is 0. The Morgan fingerprint density at radius 3 is 2.57 bits per heavy atom. The fourth-order valence-electron chi connectivity index (χ4n) is 1.99. The number of aromatic nitrogens is 4. The molecule has 6 heteroatoms. The van der Waals surface area contributed by atoms with Crippen molar-refractivity contribution in [2.75, 3.05) is 5.32 Å². The van der Waals surface area contributed by atoms with Crippen molar-refractivity contribution in [1.82, 2.24) is 19.5 Å². The van der Waals surface area contributed by atoms with Gasteiger partial charge in [-0.25, -0.2) is 15.0 Å². The molecule has 6 nitrogen and oxygen atoms in total. The van der Waals surface area contributed by atoms with E-state index in [1.807, 2.05) is 26.2 Å². The van der Waals surface area contributed by atoms with Crippen LogP contribution in [0.25, 0.3) is 0 Å². The second-order valence-electron chi connectivity index (χ2n) is 5.62. The average Bonchev–Trinajstić information content (AvgIpc) is 2.83. The molecule has 2 aromatic heterocycles. The van der Waals surface area contributed by atoms with Gasteiger partial charge < -0.3 is 14.6 Å². The van der Waals surface area contributed by atoms with Crippen LogP contribution in [0.5, 0.6) is 5.88 Å². The molecule has 0 saturated carbocycles. The first-order valence-corrected chi connectivity index (χ1v) is 7.27. The molecule has 0 bridgehead atoms. The van der Waals surface area contributed by atoms with Crippen molar-refractivity contribution in [1.29, 1.82) is 0 Å². The van der Waals surface area contributed by atoms with E-state index in [0.29, 0.717) is 24.2 Å². The summed E-state index contributed by atoms with van der Waals surface area (Å²) in [5.41, 5.74) is 0. The Hall–Kier alpha value is -2.11. The summed E-state index contributed by atoms with van der Waals surface area (Å²) in [6, 6.07) is 0. The quantitative estimate of drug-likeness (QED) is 0.849. The summed E-state index contributed by atoms with van der Waals surface area (Å²) in [5, 5.41) is 3.25. The van der Waals surface area contributed by atoms with Crippen LogP contribution in [0.2, 0.25) is 0 Å². The van der Waals surface area contributed by atoms with Crippen molar-refractivity contribution in [3.05, 3.63) is 30.6 Å². The minimum Gasteiger partial charge on any atom is -0.472 e. The van der Waals surface area contributed by atoms with Crippen molar-refractivity contribution >= 4 is 5.82 Å². The molecule has 2 aromatic rings. The molecule has 0 amide bonds. The highest BCUT2D eigenvalue weighted by Crippen LogP contribution is 2.19. The number of ether oxygens (including phenoxy) is 1. The molecule has 21 heavy (non-hydrogen) atoms. The van der Waals surface area contributed by atoms with Gasteiger partial charge in [-0.15, -0.1) is 0 Å². The standard InChI is InChI=1S/C15H23N5O/c1-11(2)10-20-8-7-16-13(20)9-19-14-15(21-12(3)4)18-6-5-17-14/h5-8,11-12H,9-10H2,1-4H3,(H,17,19). The zero-order chi connectivity index (χ0) is 15.2.